The fourth-order valence-electron chi connectivity index (χ4n) is 3.55. The van der Waals surface area contributed by atoms with Crippen LogP contribution < -0.4 is 9.47 Å². The van der Waals surface area contributed by atoms with Gasteiger partial charge in [-0.05, 0) is 109 Å². The molecule has 0 spiro atoms. The Hall–Kier alpha value is -3.25. The van der Waals surface area contributed by atoms with Crippen LogP contribution in [0.2, 0.25) is 0 Å². The number of ether oxygens (including phenoxy) is 2. The van der Waals surface area contributed by atoms with E-state index in [0.29, 0.717) is 0 Å². The van der Waals surface area contributed by atoms with Crippen LogP contribution in [0.3, 0.4) is 0 Å². The van der Waals surface area contributed by atoms with Crippen molar-refractivity contribution in [1.29, 1.82) is 0 Å². The maximum atomic E-state index is 6.01. The zero-order valence-corrected chi connectivity index (χ0v) is 21.3. The molecule has 5 aromatic rings. The second kappa shape index (κ2) is 11.0. The summed E-state index contributed by atoms with van der Waals surface area (Å²) in [6.45, 7) is 0. The lowest BCUT2D eigenvalue weighted by molar-refractivity contribution is 0.481. The van der Waals surface area contributed by atoms with E-state index in [-0.39, 0.29) is 10.9 Å². The third-order valence-corrected chi connectivity index (χ3v) is 8.07. The van der Waals surface area contributed by atoms with E-state index in [1.807, 2.05) is 78.9 Å². The van der Waals surface area contributed by atoms with Crippen LogP contribution in [0.25, 0.3) is 0 Å². The maximum Gasteiger partial charge on any atom is 0.166 e. The largest absolute Gasteiger partial charge is 0.457 e. The van der Waals surface area contributed by atoms with Gasteiger partial charge in [-0.1, -0.05) is 18.2 Å². The van der Waals surface area contributed by atoms with Crippen LogP contribution in [0.5, 0.6) is 23.0 Å². The summed E-state index contributed by atoms with van der Waals surface area (Å²) in [4.78, 5) is 5.50. The molecule has 0 radical (unpaired) electrons. The molecule has 0 aliphatic rings. The quantitative estimate of drug-likeness (QED) is 0.168. The van der Waals surface area contributed by atoms with E-state index in [1.165, 1.54) is 14.7 Å². The van der Waals surface area contributed by atoms with E-state index in [2.05, 4.69) is 73.8 Å². The highest BCUT2D eigenvalue weighted by Crippen LogP contribution is 2.34. The molecule has 0 aliphatic carbocycles. The Balaban J connectivity index is 1.40. The van der Waals surface area contributed by atoms with Crippen molar-refractivity contribution in [2.45, 2.75) is 24.5 Å². The standard InChI is InChI=1S/C30H22O2S3/c33-26-14-6-22(7-15-26)31-24-10-18-29(19-11-24)35(28-4-2-1-3-5-28)30-20-12-25(13-21-30)32-23-8-16-27(34)17-9-23/h1-21H,(H-,33,34)/p+1. The lowest BCUT2D eigenvalue weighted by Crippen LogP contribution is -2.04. The van der Waals surface area contributed by atoms with Crippen LogP contribution in [0.15, 0.2) is 152 Å². The smallest absolute Gasteiger partial charge is 0.166 e. The Morgan fingerprint density at radius 2 is 0.686 bits per heavy atom. The Morgan fingerprint density at radius 3 is 1.06 bits per heavy atom. The lowest BCUT2D eigenvalue weighted by atomic mass is 10.3. The van der Waals surface area contributed by atoms with Gasteiger partial charge in [-0.15, -0.1) is 25.3 Å². The van der Waals surface area contributed by atoms with Gasteiger partial charge in [0.25, 0.3) is 0 Å². The monoisotopic (exact) mass is 511 g/mol. The van der Waals surface area contributed by atoms with Gasteiger partial charge in [-0.2, -0.15) is 0 Å². The summed E-state index contributed by atoms with van der Waals surface area (Å²) in [7, 11) is -0.262. The lowest BCUT2D eigenvalue weighted by Gasteiger charge is -2.11. The van der Waals surface area contributed by atoms with Crippen molar-refractivity contribution < 1.29 is 9.47 Å². The second-order valence-electron chi connectivity index (χ2n) is 7.75. The average molecular weight is 512 g/mol. The summed E-state index contributed by atoms with van der Waals surface area (Å²) in [5.41, 5.74) is 0. The molecule has 5 heteroatoms. The molecule has 172 valence electrons. The molecule has 5 aromatic carbocycles. The van der Waals surface area contributed by atoms with Crippen LogP contribution in [-0.4, -0.2) is 0 Å². The van der Waals surface area contributed by atoms with Crippen molar-refractivity contribution in [3.63, 3.8) is 0 Å². The van der Waals surface area contributed by atoms with E-state index >= 15 is 0 Å². The molecule has 0 unspecified atom stereocenters. The Bertz CT molecular complexity index is 1280. The molecule has 2 nitrogen and oxygen atoms in total. The average Bonchev–Trinajstić information content (AvgIpc) is 2.90. The fourth-order valence-corrected chi connectivity index (χ4v) is 5.91. The zero-order valence-electron chi connectivity index (χ0n) is 18.7. The third kappa shape index (κ3) is 6.06. The van der Waals surface area contributed by atoms with Crippen molar-refractivity contribution >= 4 is 36.2 Å². The summed E-state index contributed by atoms with van der Waals surface area (Å²) in [5.74, 6) is 3.18. The van der Waals surface area contributed by atoms with Gasteiger partial charge in [0.2, 0.25) is 0 Å². The molecule has 0 aromatic heterocycles. The number of hydrogen-bond acceptors (Lipinski definition) is 4. The van der Waals surface area contributed by atoms with Crippen molar-refractivity contribution in [1.82, 2.24) is 0 Å². The van der Waals surface area contributed by atoms with Crippen LogP contribution in [0, 0.1) is 0 Å². The first kappa shape index (κ1) is 23.5. The number of benzene rings is 5. The molecule has 0 N–H and O–H groups in total. The van der Waals surface area contributed by atoms with Crippen molar-refractivity contribution in [2.24, 2.45) is 0 Å². The highest BCUT2D eigenvalue weighted by Gasteiger charge is 2.28. The van der Waals surface area contributed by atoms with E-state index in [9.17, 15) is 0 Å². The van der Waals surface area contributed by atoms with Gasteiger partial charge in [-0.3, -0.25) is 0 Å². The summed E-state index contributed by atoms with van der Waals surface area (Å²) >= 11 is 8.67. The maximum absolute atomic E-state index is 6.01. The fraction of sp³-hybridized carbons (Fsp3) is 0. The van der Waals surface area contributed by atoms with Gasteiger partial charge in [0, 0.05) is 9.79 Å². The SMILES string of the molecule is Sc1ccc(Oc2ccc([S+](c3ccccc3)c3ccc(Oc4ccc(S)cc4)cc3)cc2)cc1. The van der Waals surface area contributed by atoms with Crippen LogP contribution >= 0.6 is 25.3 Å². The molecule has 0 bridgehead atoms. The molecule has 0 saturated heterocycles. The molecule has 0 amide bonds. The molecule has 0 atom stereocenters. The minimum Gasteiger partial charge on any atom is -0.457 e. The first-order valence-electron chi connectivity index (χ1n) is 11.1. The van der Waals surface area contributed by atoms with Crippen molar-refractivity contribution in [3.8, 4) is 23.0 Å². The Labute approximate surface area is 219 Å². The van der Waals surface area contributed by atoms with Gasteiger partial charge in [-0.25, -0.2) is 0 Å². The summed E-state index contributed by atoms with van der Waals surface area (Å²) in [5, 5.41) is 0. The zero-order chi connectivity index (χ0) is 24.0. The first-order chi connectivity index (χ1) is 17.1. The summed E-state index contributed by atoms with van der Waals surface area (Å²) in [6.07, 6.45) is 0. The summed E-state index contributed by atoms with van der Waals surface area (Å²) in [6, 6.07) is 42.6. The Kier molecular flexibility index (Phi) is 7.38. The van der Waals surface area contributed by atoms with Crippen molar-refractivity contribution in [3.05, 3.63) is 127 Å². The van der Waals surface area contributed by atoms with E-state index < -0.39 is 0 Å². The highest BCUT2D eigenvalue weighted by molar-refractivity contribution is 7.97. The first-order valence-corrected chi connectivity index (χ1v) is 13.2. The van der Waals surface area contributed by atoms with Gasteiger partial charge >= 0.3 is 0 Å². The number of hydrogen-bond donors (Lipinski definition) is 2. The minimum absolute atomic E-state index is 0.262. The van der Waals surface area contributed by atoms with E-state index in [1.54, 1.807) is 0 Å². The van der Waals surface area contributed by atoms with Crippen LogP contribution in [-0.2, 0) is 10.9 Å². The molecule has 0 heterocycles. The Morgan fingerprint density at radius 1 is 0.371 bits per heavy atom. The molecule has 35 heavy (non-hydrogen) atoms. The second-order valence-corrected chi connectivity index (χ2v) is 10.8. The third-order valence-electron chi connectivity index (χ3n) is 5.24. The number of rotatable bonds is 7. The van der Waals surface area contributed by atoms with Gasteiger partial charge < -0.3 is 9.47 Å². The molecule has 0 aliphatic heterocycles. The van der Waals surface area contributed by atoms with E-state index in [4.69, 9.17) is 9.47 Å². The topological polar surface area (TPSA) is 18.5 Å². The van der Waals surface area contributed by atoms with E-state index in [0.717, 1.165) is 32.8 Å². The molecule has 0 saturated carbocycles. The molecular formula is C30H23O2S3+. The van der Waals surface area contributed by atoms with Gasteiger partial charge in [0.15, 0.2) is 14.7 Å². The molecule has 0 fully saturated rings. The molecular weight excluding hydrogens is 489 g/mol. The predicted molar refractivity (Wildman–Crippen MR) is 149 cm³/mol. The van der Waals surface area contributed by atoms with Crippen LogP contribution in [0.1, 0.15) is 0 Å². The summed E-state index contributed by atoms with van der Waals surface area (Å²) < 4.78 is 12.0. The highest BCUT2D eigenvalue weighted by atomic mass is 32.2. The predicted octanol–water partition coefficient (Wildman–Crippen LogP) is 8.94. The van der Waals surface area contributed by atoms with Crippen LogP contribution in [0.4, 0.5) is 0 Å². The molecule has 5 rings (SSSR count). The normalized spacial score (nSPS) is 10.8. The van der Waals surface area contributed by atoms with Gasteiger partial charge in [0.05, 0.1) is 10.9 Å². The minimum atomic E-state index is -0.262. The number of thiol groups is 2. The van der Waals surface area contributed by atoms with Gasteiger partial charge in [0.1, 0.15) is 23.0 Å². The van der Waals surface area contributed by atoms with Crippen molar-refractivity contribution in [2.75, 3.05) is 0 Å².